The number of hydrogen-bond acceptors (Lipinski definition) is 3. The number of nitrogens with zero attached hydrogens (tertiary/aromatic N) is 1. The Balaban J connectivity index is 2.38. The minimum Gasteiger partial charge on any atom is -0.444 e. The first-order chi connectivity index (χ1) is 9.37. The smallest absolute Gasteiger partial charge is 0.410 e. The van der Waals surface area contributed by atoms with E-state index in [-0.39, 0.29) is 6.09 Å². The lowest BCUT2D eigenvalue weighted by Gasteiger charge is -2.28. The summed E-state index contributed by atoms with van der Waals surface area (Å²) in [5.41, 5.74) is -0.411. The highest BCUT2D eigenvalue weighted by atomic mass is 16.6. The summed E-state index contributed by atoms with van der Waals surface area (Å²) in [6.07, 6.45) is 5.61. The van der Waals surface area contributed by atoms with Gasteiger partial charge in [-0.3, -0.25) is 0 Å². The lowest BCUT2D eigenvalue weighted by atomic mass is 10.1. The molecule has 0 heterocycles. The molecule has 0 aromatic heterocycles. The van der Waals surface area contributed by atoms with Gasteiger partial charge < -0.3 is 15.0 Å². The van der Waals surface area contributed by atoms with Gasteiger partial charge in [0, 0.05) is 25.2 Å². The summed E-state index contributed by atoms with van der Waals surface area (Å²) in [6.45, 7) is 11.8. The van der Waals surface area contributed by atoms with Crippen molar-refractivity contribution in [1.29, 1.82) is 0 Å². The minimum atomic E-state index is -0.411. The number of nitrogens with one attached hydrogen (secondary N) is 1. The fourth-order valence-electron chi connectivity index (χ4n) is 2.32. The molecule has 1 rings (SSSR count). The minimum absolute atomic E-state index is 0.162. The molecular formula is C16H32N2O2. The highest BCUT2D eigenvalue weighted by Gasteiger charge is 2.34. The van der Waals surface area contributed by atoms with E-state index in [9.17, 15) is 4.79 Å². The Hall–Kier alpha value is -0.770. The molecule has 1 N–H and O–H groups in total. The number of hydrogen-bond donors (Lipinski definition) is 1. The third-order valence-corrected chi connectivity index (χ3v) is 3.53. The topological polar surface area (TPSA) is 41.6 Å². The summed E-state index contributed by atoms with van der Waals surface area (Å²) >= 11 is 0. The van der Waals surface area contributed by atoms with Crippen molar-refractivity contribution in [2.24, 2.45) is 0 Å². The second-order valence-electron chi connectivity index (χ2n) is 6.75. The van der Waals surface area contributed by atoms with E-state index in [1.807, 2.05) is 25.7 Å². The van der Waals surface area contributed by atoms with Crippen LogP contribution in [0.25, 0.3) is 0 Å². The molecule has 1 saturated carbocycles. The van der Waals surface area contributed by atoms with Gasteiger partial charge in [-0.1, -0.05) is 20.3 Å². The van der Waals surface area contributed by atoms with Crippen LogP contribution in [0.1, 0.15) is 66.7 Å². The predicted octanol–water partition coefficient (Wildman–Crippen LogP) is 3.55. The van der Waals surface area contributed by atoms with Gasteiger partial charge in [-0.05, 0) is 46.5 Å². The van der Waals surface area contributed by atoms with E-state index in [1.165, 1.54) is 12.8 Å². The van der Waals surface area contributed by atoms with Crippen LogP contribution in [0, 0.1) is 0 Å². The monoisotopic (exact) mass is 284 g/mol. The SMILES string of the molecule is CCCC(CC)NCCN(C(=O)OC(C)(C)C)C1CC1. The average molecular weight is 284 g/mol. The van der Waals surface area contributed by atoms with Crippen LogP contribution in [0.2, 0.25) is 0 Å². The van der Waals surface area contributed by atoms with Crippen LogP contribution in [0.3, 0.4) is 0 Å². The lowest BCUT2D eigenvalue weighted by Crippen LogP contribution is -2.43. The molecule has 4 heteroatoms. The summed E-state index contributed by atoms with van der Waals surface area (Å²) in [4.78, 5) is 14.1. The third-order valence-electron chi connectivity index (χ3n) is 3.53. The van der Waals surface area contributed by atoms with Crippen molar-refractivity contribution >= 4 is 6.09 Å². The van der Waals surface area contributed by atoms with Crippen LogP contribution >= 0.6 is 0 Å². The van der Waals surface area contributed by atoms with Crippen LogP contribution in [0.5, 0.6) is 0 Å². The zero-order valence-electron chi connectivity index (χ0n) is 13.9. The lowest BCUT2D eigenvalue weighted by molar-refractivity contribution is 0.0234. The first-order valence-electron chi connectivity index (χ1n) is 8.10. The molecule has 1 fully saturated rings. The molecule has 0 radical (unpaired) electrons. The summed E-state index contributed by atoms with van der Waals surface area (Å²) in [7, 11) is 0. The van der Waals surface area contributed by atoms with Gasteiger partial charge in [-0.2, -0.15) is 0 Å². The van der Waals surface area contributed by atoms with Gasteiger partial charge in [0.05, 0.1) is 0 Å². The number of ether oxygens (including phenoxy) is 1. The Labute approximate surface area is 124 Å². The van der Waals surface area contributed by atoms with Crippen molar-refractivity contribution in [2.75, 3.05) is 13.1 Å². The Morgan fingerprint density at radius 3 is 2.45 bits per heavy atom. The molecule has 0 aromatic rings. The van der Waals surface area contributed by atoms with Crippen LogP contribution in [-0.4, -0.2) is 41.8 Å². The molecule has 1 atom stereocenters. The maximum absolute atomic E-state index is 12.2. The maximum Gasteiger partial charge on any atom is 0.410 e. The molecule has 1 aliphatic carbocycles. The second-order valence-corrected chi connectivity index (χ2v) is 6.75. The largest absolute Gasteiger partial charge is 0.444 e. The van der Waals surface area contributed by atoms with Gasteiger partial charge >= 0.3 is 6.09 Å². The Kier molecular flexibility index (Phi) is 6.80. The van der Waals surface area contributed by atoms with Crippen molar-refractivity contribution in [3.05, 3.63) is 0 Å². The van der Waals surface area contributed by atoms with Crippen molar-refractivity contribution in [2.45, 2.75) is 84.4 Å². The van der Waals surface area contributed by atoms with E-state index in [1.54, 1.807) is 0 Å². The molecule has 1 unspecified atom stereocenters. The van der Waals surface area contributed by atoms with E-state index >= 15 is 0 Å². The van der Waals surface area contributed by atoms with Crippen molar-refractivity contribution in [3.8, 4) is 0 Å². The average Bonchev–Trinajstić information content (AvgIpc) is 3.14. The van der Waals surface area contributed by atoms with E-state index in [4.69, 9.17) is 4.74 Å². The summed E-state index contributed by atoms with van der Waals surface area (Å²) in [5.74, 6) is 0. The highest BCUT2D eigenvalue weighted by Crippen LogP contribution is 2.28. The number of carbonyl (C=O) groups excluding carboxylic acids is 1. The van der Waals surface area contributed by atoms with Gasteiger partial charge in [-0.15, -0.1) is 0 Å². The fourth-order valence-corrected chi connectivity index (χ4v) is 2.32. The van der Waals surface area contributed by atoms with E-state index in [0.717, 1.165) is 32.4 Å². The first-order valence-corrected chi connectivity index (χ1v) is 8.10. The molecule has 0 spiro atoms. The van der Waals surface area contributed by atoms with Gasteiger partial charge in [-0.25, -0.2) is 4.79 Å². The molecule has 118 valence electrons. The standard InChI is InChI=1S/C16H32N2O2/c1-6-8-13(7-2)17-11-12-18(14-9-10-14)15(19)20-16(3,4)5/h13-14,17H,6-12H2,1-5H3. The van der Waals surface area contributed by atoms with Crippen LogP contribution < -0.4 is 5.32 Å². The molecule has 20 heavy (non-hydrogen) atoms. The van der Waals surface area contributed by atoms with Crippen LogP contribution in [-0.2, 0) is 4.74 Å². The van der Waals surface area contributed by atoms with E-state index < -0.39 is 5.60 Å². The molecule has 0 bridgehead atoms. The Bertz CT molecular complexity index is 295. The quantitative estimate of drug-likeness (QED) is 0.741. The third kappa shape index (κ3) is 6.60. The van der Waals surface area contributed by atoms with E-state index in [2.05, 4.69) is 19.2 Å². The van der Waals surface area contributed by atoms with Crippen molar-refractivity contribution < 1.29 is 9.53 Å². The van der Waals surface area contributed by atoms with Crippen molar-refractivity contribution in [3.63, 3.8) is 0 Å². The van der Waals surface area contributed by atoms with E-state index in [0.29, 0.717) is 12.1 Å². The molecule has 0 aromatic carbocycles. The predicted molar refractivity (Wildman–Crippen MR) is 83.0 cm³/mol. The van der Waals surface area contributed by atoms with Gasteiger partial charge in [0.15, 0.2) is 0 Å². The highest BCUT2D eigenvalue weighted by molar-refractivity contribution is 5.69. The zero-order chi connectivity index (χ0) is 15.2. The Morgan fingerprint density at radius 1 is 1.35 bits per heavy atom. The molecule has 1 aliphatic rings. The van der Waals surface area contributed by atoms with Gasteiger partial charge in [0.1, 0.15) is 5.60 Å². The maximum atomic E-state index is 12.2. The second kappa shape index (κ2) is 7.87. The summed E-state index contributed by atoms with van der Waals surface area (Å²) in [6, 6.07) is 0.970. The molecular weight excluding hydrogens is 252 g/mol. The molecule has 0 saturated heterocycles. The summed E-state index contributed by atoms with van der Waals surface area (Å²) in [5, 5.41) is 3.55. The van der Waals surface area contributed by atoms with Crippen LogP contribution in [0.15, 0.2) is 0 Å². The normalized spacial score (nSPS) is 16.9. The zero-order valence-corrected chi connectivity index (χ0v) is 13.9. The van der Waals surface area contributed by atoms with Crippen molar-refractivity contribution in [1.82, 2.24) is 10.2 Å². The molecule has 4 nitrogen and oxygen atoms in total. The summed E-state index contributed by atoms with van der Waals surface area (Å²) < 4.78 is 5.49. The molecule has 1 amide bonds. The molecule has 0 aliphatic heterocycles. The number of carbonyl (C=O) groups is 1. The number of amides is 1. The fraction of sp³-hybridized carbons (Fsp3) is 0.938. The number of rotatable bonds is 8. The van der Waals surface area contributed by atoms with Gasteiger partial charge in [0.25, 0.3) is 0 Å². The van der Waals surface area contributed by atoms with Gasteiger partial charge in [0.2, 0.25) is 0 Å². The van der Waals surface area contributed by atoms with Crippen LogP contribution in [0.4, 0.5) is 4.79 Å². The Morgan fingerprint density at radius 2 is 2.00 bits per heavy atom. The first kappa shape index (κ1) is 17.3.